The van der Waals surface area contributed by atoms with Crippen LogP contribution in [0.1, 0.15) is 11.4 Å². The van der Waals surface area contributed by atoms with Crippen LogP contribution >= 0.6 is 0 Å². The Morgan fingerprint density at radius 2 is 2.38 bits per heavy atom. The van der Waals surface area contributed by atoms with Gasteiger partial charge in [0, 0.05) is 12.1 Å². The number of hydrogen-bond donors (Lipinski definition) is 4. The van der Waals surface area contributed by atoms with Gasteiger partial charge in [-0.05, 0) is 6.92 Å². The summed E-state index contributed by atoms with van der Waals surface area (Å²) in [6, 6.07) is -1.00. The van der Waals surface area contributed by atoms with Crippen molar-refractivity contribution in [3.05, 3.63) is 17.7 Å². The summed E-state index contributed by atoms with van der Waals surface area (Å²) < 4.78 is 0. The molecule has 0 saturated carbocycles. The monoisotopic (exact) mass is 226 g/mol. The number of carboxylic acids is 1. The van der Waals surface area contributed by atoms with Crippen LogP contribution in [-0.4, -0.2) is 39.5 Å². The number of nitrogens with two attached hydrogens (primary N) is 1. The van der Waals surface area contributed by atoms with E-state index in [0.717, 1.165) is 5.69 Å². The van der Waals surface area contributed by atoms with E-state index >= 15 is 0 Å². The summed E-state index contributed by atoms with van der Waals surface area (Å²) in [6.45, 7) is 1.55. The van der Waals surface area contributed by atoms with Gasteiger partial charge in [0.1, 0.15) is 6.04 Å². The summed E-state index contributed by atoms with van der Waals surface area (Å²) in [7, 11) is 0. The van der Waals surface area contributed by atoms with Crippen molar-refractivity contribution in [2.45, 2.75) is 19.4 Å². The van der Waals surface area contributed by atoms with Gasteiger partial charge in [-0.25, -0.2) is 9.78 Å². The minimum atomic E-state index is -1.11. The standard InChI is InChI=1S/C9H14N4O3/c1-5-6(12-4-11-5)2-7(9(15)16)13-8(14)3-10/h4,7H,2-3,10H2,1H3,(H,11,12)(H,13,14)(H,15,16)/t7-/m0/s1. The zero-order chi connectivity index (χ0) is 12.1. The number of rotatable bonds is 5. The number of nitrogens with one attached hydrogen (secondary N) is 2. The number of carboxylic acid groups (broad SMARTS) is 1. The van der Waals surface area contributed by atoms with Crippen molar-refractivity contribution in [2.24, 2.45) is 5.73 Å². The molecule has 88 valence electrons. The summed E-state index contributed by atoms with van der Waals surface area (Å²) in [5.41, 5.74) is 6.50. The van der Waals surface area contributed by atoms with Crippen molar-refractivity contribution in [1.29, 1.82) is 0 Å². The SMILES string of the molecule is Cc1[nH]cnc1C[C@H](NC(=O)CN)C(=O)O. The maximum atomic E-state index is 11.0. The van der Waals surface area contributed by atoms with Crippen molar-refractivity contribution < 1.29 is 14.7 Å². The van der Waals surface area contributed by atoms with Gasteiger partial charge < -0.3 is 21.1 Å². The molecular weight excluding hydrogens is 212 g/mol. The van der Waals surface area contributed by atoms with Gasteiger partial charge in [0.05, 0.1) is 18.6 Å². The van der Waals surface area contributed by atoms with E-state index in [4.69, 9.17) is 10.8 Å². The summed E-state index contributed by atoms with van der Waals surface area (Å²) in [5, 5.41) is 11.2. The number of carbonyl (C=O) groups is 2. The number of aryl methyl sites for hydroxylation is 1. The molecule has 0 aromatic carbocycles. The highest BCUT2D eigenvalue weighted by atomic mass is 16.4. The van der Waals surface area contributed by atoms with Gasteiger partial charge in [-0.1, -0.05) is 0 Å². The summed E-state index contributed by atoms with van der Waals surface area (Å²) >= 11 is 0. The van der Waals surface area contributed by atoms with E-state index in [1.165, 1.54) is 6.33 Å². The Kier molecular flexibility index (Phi) is 4.01. The first kappa shape index (κ1) is 12.2. The fourth-order valence-corrected chi connectivity index (χ4v) is 1.24. The van der Waals surface area contributed by atoms with Crippen LogP contribution in [0.15, 0.2) is 6.33 Å². The molecule has 0 fully saturated rings. The number of carbonyl (C=O) groups excluding carboxylic acids is 1. The van der Waals surface area contributed by atoms with Gasteiger partial charge in [-0.15, -0.1) is 0 Å². The first-order valence-electron chi connectivity index (χ1n) is 4.75. The third kappa shape index (κ3) is 3.06. The van der Waals surface area contributed by atoms with E-state index in [1.54, 1.807) is 6.92 Å². The quantitative estimate of drug-likeness (QED) is 0.502. The average molecular weight is 226 g/mol. The molecule has 7 nitrogen and oxygen atoms in total. The van der Waals surface area contributed by atoms with Crippen LogP contribution in [0, 0.1) is 6.92 Å². The molecule has 16 heavy (non-hydrogen) atoms. The molecule has 1 rings (SSSR count). The van der Waals surface area contributed by atoms with E-state index in [9.17, 15) is 9.59 Å². The topological polar surface area (TPSA) is 121 Å². The lowest BCUT2D eigenvalue weighted by Crippen LogP contribution is -2.45. The predicted octanol–water partition coefficient (Wildman–Crippen LogP) is -1.21. The number of aromatic nitrogens is 2. The Balaban J connectivity index is 2.69. The second kappa shape index (κ2) is 5.26. The molecule has 0 aliphatic carbocycles. The van der Waals surface area contributed by atoms with Crippen LogP contribution in [0.25, 0.3) is 0 Å². The molecule has 0 bridgehead atoms. The molecule has 0 aliphatic rings. The lowest BCUT2D eigenvalue weighted by molar-refractivity contribution is -0.141. The maximum absolute atomic E-state index is 11.0. The molecule has 0 radical (unpaired) electrons. The van der Waals surface area contributed by atoms with Crippen LogP contribution in [-0.2, 0) is 16.0 Å². The molecule has 0 aliphatic heterocycles. The van der Waals surface area contributed by atoms with Crippen molar-refractivity contribution >= 4 is 11.9 Å². The summed E-state index contributed by atoms with van der Waals surface area (Å²) in [5.74, 6) is -1.61. The summed E-state index contributed by atoms with van der Waals surface area (Å²) in [6.07, 6.45) is 1.62. The molecule has 0 unspecified atom stereocenters. The minimum Gasteiger partial charge on any atom is -0.480 e. The molecule has 5 N–H and O–H groups in total. The molecule has 0 spiro atoms. The number of nitrogens with zero attached hydrogens (tertiary/aromatic N) is 1. The van der Waals surface area contributed by atoms with Crippen LogP contribution in [0.4, 0.5) is 0 Å². The molecule has 7 heteroatoms. The Morgan fingerprint density at radius 3 is 2.81 bits per heavy atom. The minimum absolute atomic E-state index is 0.135. The zero-order valence-corrected chi connectivity index (χ0v) is 8.86. The van der Waals surface area contributed by atoms with Crippen molar-refractivity contribution in [2.75, 3.05) is 6.54 Å². The Bertz CT molecular complexity index is 388. The molecule has 0 saturated heterocycles. The molecule has 1 amide bonds. The number of hydrogen-bond acceptors (Lipinski definition) is 4. The number of aromatic amines is 1. The normalized spacial score (nSPS) is 12.1. The number of aliphatic carboxylic acids is 1. The van der Waals surface area contributed by atoms with E-state index in [1.807, 2.05) is 0 Å². The highest BCUT2D eigenvalue weighted by Gasteiger charge is 2.21. The predicted molar refractivity (Wildman–Crippen MR) is 55.6 cm³/mol. The van der Waals surface area contributed by atoms with Gasteiger partial charge >= 0.3 is 5.97 Å². The first-order chi connectivity index (χ1) is 7.54. The van der Waals surface area contributed by atoms with E-state index < -0.39 is 17.9 Å². The number of imidazole rings is 1. The van der Waals surface area contributed by atoms with E-state index in [-0.39, 0.29) is 13.0 Å². The Morgan fingerprint density at radius 1 is 1.69 bits per heavy atom. The Labute approximate surface area is 92.1 Å². The fourth-order valence-electron chi connectivity index (χ4n) is 1.24. The van der Waals surface area contributed by atoms with Crippen molar-refractivity contribution in [3.8, 4) is 0 Å². The van der Waals surface area contributed by atoms with Gasteiger partial charge in [0.25, 0.3) is 0 Å². The highest BCUT2D eigenvalue weighted by Crippen LogP contribution is 2.04. The number of H-pyrrole nitrogens is 1. The molecule has 1 atom stereocenters. The van der Waals surface area contributed by atoms with E-state index in [2.05, 4.69) is 15.3 Å². The van der Waals surface area contributed by atoms with Crippen molar-refractivity contribution in [3.63, 3.8) is 0 Å². The van der Waals surface area contributed by atoms with E-state index in [0.29, 0.717) is 5.69 Å². The third-order valence-electron chi connectivity index (χ3n) is 2.15. The second-order valence-corrected chi connectivity index (χ2v) is 3.34. The molecular formula is C9H14N4O3. The Hall–Kier alpha value is -1.89. The maximum Gasteiger partial charge on any atom is 0.326 e. The second-order valence-electron chi connectivity index (χ2n) is 3.34. The van der Waals surface area contributed by atoms with Crippen LogP contribution in [0.5, 0.6) is 0 Å². The summed E-state index contributed by atoms with van der Waals surface area (Å²) in [4.78, 5) is 28.7. The van der Waals surface area contributed by atoms with Gasteiger partial charge in [0.15, 0.2) is 0 Å². The van der Waals surface area contributed by atoms with Crippen molar-refractivity contribution in [1.82, 2.24) is 15.3 Å². The largest absolute Gasteiger partial charge is 0.480 e. The smallest absolute Gasteiger partial charge is 0.326 e. The lowest BCUT2D eigenvalue weighted by Gasteiger charge is -2.12. The third-order valence-corrected chi connectivity index (χ3v) is 2.15. The average Bonchev–Trinajstić information content (AvgIpc) is 2.63. The van der Waals surface area contributed by atoms with Crippen LogP contribution in [0.2, 0.25) is 0 Å². The van der Waals surface area contributed by atoms with Gasteiger partial charge in [0.2, 0.25) is 5.91 Å². The molecule has 1 aromatic heterocycles. The first-order valence-corrected chi connectivity index (χ1v) is 4.75. The van der Waals surface area contributed by atoms with Crippen LogP contribution < -0.4 is 11.1 Å². The van der Waals surface area contributed by atoms with Crippen LogP contribution in [0.3, 0.4) is 0 Å². The highest BCUT2D eigenvalue weighted by molar-refractivity contribution is 5.84. The molecule has 1 heterocycles. The fraction of sp³-hybridized carbons (Fsp3) is 0.444. The number of amides is 1. The lowest BCUT2D eigenvalue weighted by atomic mass is 10.1. The van der Waals surface area contributed by atoms with Gasteiger partial charge in [-0.3, -0.25) is 4.79 Å². The zero-order valence-electron chi connectivity index (χ0n) is 8.86. The van der Waals surface area contributed by atoms with Gasteiger partial charge in [-0.2, -0.15) is 0 Å². The molecule has 1 aromatic rings.